The average molecular weight is 573 g/mol. The van der Waals surface area contributed by atoms with Crippen molar-refractivity contribution in [3.8, 4) is 0 Å². The van der Waals surface area contributed by atoms with Gasteiger partial charge in [0.15, 0.2) is 0 Å². The van der Waals surface area contributed by atoms with Gasteiger partial charge in [-0.1, -0.05) is 49.7 Å². The molecule has 0 aromatic heterocycles. The highest BCUT2D eigenvalue weighted by atomic mass is 35.5. The molecule has 0 radical (unpaired) electrons. The van der Waals surface area contributed by atoms with Crippen molar-refractivity contribution in [3.05, 3.63) is 54.1 Å². The summed E-state index contributed by atoms with van der Waals surface area (Å²) in [5, 5.41) is 10.9. The molecule has 1 aromatic rings. The SMILES string of the molecule is C=CCCCOC(=O)[C@@H]1[C@H]2C(=O)N([C@@H](CO)CC(C)C)C(C(=O)N(CC=C)c3c(C)cccc3Cl)C23CC[C@H]1O3. The monoisotopic (exact) mass is 572 g/mol. The van der Waals surface area contributed by atoms with Gasteiger partial charge in [0.1, 0.15) is 11.6 Å². The Labute approximate surface area is 241 Å². The fourth-order valence-electron chi connectivity index (χ4n) is 6.88. The first-order valence-electron chi connectivity index (χ1n) is 14.2. The number of aryl methyl sites for hydroxylation is 1. The highest BCUT2D eigenvalue weighted by Gasteiger charge is 2.75. The Balaban J connectivity index is 1.79. The third-order valence-corrected chi connectivity index (χ3v) is 8.73. The Kier molecular flexibility index (Phi) is 9.43. The van der Waals surface area contributed by atoms with Crippen molar-refractivity contribution in [2.45, 2.75) is 76.7 Å². The van der Waals surface area contributed by atoms with Crippen LogP contribution in [0.2, 0.25) is 5.02 Å². The smallest absolute Gasteiger partial charge is 0.312 e. The van der Waals surface area contributed by atoms with E-state index in [0.29, 0.717) is 42.8 Å². The average Bonchev–Trinajstić information content (AvgIpc) is 3.56. The van der Waals surface area contributed by atoms with Gasteiger partial charge in [-0.3, -0.25) is 14.4 Å². The first kappa shape index (κ1) is 30.3. The number of fused-ring (bicyclic) bond motifs is 1. The summed E-state index contributed by atoms with van der Waals surface area (Å²) in [7, 11) is 0. The van der Waals surface area contributed by atoms with Crippen LogP contribution in [0.5, 0.6) is 0 Å². The summed E-state index contributed by atoms with van der Waals surface area (Å²) in [6.07, 6.45) is 5.69. The zero-order chi connectivity index (χ0) is 29.2. The van der Waals surface area contributed by atoms with Gasteiger partial charge in [0.05, 0.1) is 47.9 Å². The van der Waals surface area contributed by atoms with Crippen LogP contribution in [0.25, 0.3) is 0 Å². The Morgan fingerprint density at radius 3 is 2.70 bits per heavy atom. The molecule has 6 atom stereocenters. The maximum absolute atomic E-state index is 14.7. The van der Waals surface area contributed by atoms with Gasteiger partial charge in [0.2, 0.25) is 5.91 Å². The number of amides is 2. The molecule has 1 aromatic carbocycles. The molecular formula is C31H41ClN2O6. The summed E-state index contributed by atoms with van der Waals surface area (Å²) in [5.74, 6) is -2.71. The molecule has 218 valence electrons. The lowest BCUT2D eigenvalue weighted by Crippen LogP contribution is -2.59. The molecule has 1 N–H and O–H groups in total. The molecular weight excluding hydrogens is 532 g/mol. The highest BCUT2D eigenvalue weighted by Crippen LogP contribution is 2.59. The second-order valence-electron chi connectivity index (χ2n) is 11.5. The topological polar surface area (TPSA) is 96.4 Å². The van der Waals surface area contributed by atoms with E-state index in [1.54, 1.807) is 23.1 Å². The molecule has 8 nitrogen and oxygen atoms in total. The van der Waals surface area contributed by atoms with E-state index < -0.39 is 41.6 Å². The Bertz CT molecular complexity index is 1130. The number of hydrogen-bond donors (Lipinski definition) is 1. The quantitative estimate of drug-likeness (QED) is 0.213. The van der Waals surface area contributed by atoms with Gasteiger partial charge in [-0.15, -0.1) is 13.2 Å². The molecule has 0 aliphatic carbocycles. The van der Waals surface area contributed by atoms with Gasteiger partial charge in [-0.25, -0.2) is 0 Å². The van der Waals surface area contributed by atoms with Gasteiger partial charge in [0.25, 0.3) is 5.91 Å². The number of esters is 1. The van der Waals surface area contributed by atoms with Crippen LogP contribution in [0.4, 0.5) is 5.69 Å². The second kappa shape index (κ2) is 12.5. The number of halogens is 1. The first-order chi connectivity index (χ1) is 19.1. The van der Waals surface area contributed by atoms with Crippen LogP contribution in [0.15, 0.2) is 43.5 Å². The predicted molar refractivity (Wildman–Crippen MR) is 154 cm³/mol. The van der Waals surface area contributed by atoms with Crippen LogP contribution in [0, 0.1) is 24.7 Å². The Morgan fingerprint density at radius 2 is 2.08 bits per heavy atom. The lowest BCUT2D eigenvalue weighted by molar-refractivity contribution is -0.156. The van der Waals surface area contributed by atoms with Crippen molar-refractivity contribution in [2.75, 3.05) is 24.7 Å². The number of ether oxygens (including phenoxy) is 2. The molecule has 3 aliphatic heterocycles. The maximum atomic E-state index is 14.7. The van der Waals surface area contributed by atoms with E-state index >= 15 is 0 Å². The van der Waals surface area contributed by atoms with E-state index in [4.69, 9.17) is 21.1 Å². The van der Waals surface area contributed by atoms with Crippen molar-refractivity contribution in [3.63, 3.8) is 0 Å². The fraction of sp³-hybridized carbons (Fsp3) is 0.581. The molecule has 2 unspecified atom stereocenters. The summed E-state index contributed by atoms with van der Waals surface area (Å²) in [5.41, 5.74) is 0.130. The zero-order valence-electron chi connectivity index (χ0n) is 23.7. The largest absolute Gasteiger partial charge is 0.465 e. The van der Waals surface area contributed by atoms with Gasteiger partial charge in [-0.05, 0) is 56.6 Å². The molecule has 0 saturated carbocycles. The molecule has 2 bridgehead atoms. The molecule has 3 saturated heterocycles. The normalized spacial score (nSPS) is 27.6. The lowest BCUT2D eigenvalue weighted by atomic mass is 9.70. The summed E-state index contributed by atoms with van der Waals surface area (Å²) in [4.78, 5) is 45.4. The first-order valence-corrected chi connectivity index (χ1v) is 14.6. The number of rotatable bonds is 13. The Hall–Kier alpha value is -2.68. The van der Waals surface area contributed by atoms with Crippen LogP contribution in [0.1, 0.15) is 51.5 Å². The molecule has 40 heavy (non-hydrogen) atoms. The predicted octanol–water partition coefficient (Wildman–Crippen LogP) is 4.46. The van der Waals surface area contributed by atoms with Crippen LogP contribution in [0.3, 0.4) is 0 Å². The van der Waals surface area contributed by atoms with Gasteiger partial charge < -0.3 is 24.4 Å². The number of benzene rings is 1. The van der Waals surface area contributed by atoms with Crippen molar-refractivity contribution in [1.82, 2.24) is 4.90 Å². The molecule has 4 rings (SSSR count). The van der Waals surface area contributed by atoms with Gasteiger partial charge in [-0.2, -0.15) is 0 Å². The zero-order valence-corrected chi connectivity index (χ0v) is 24.4. The number of hydrogen-bond acceptors (Lipinski definition) is 6. The van der Waals surface area contributed by atoms with Crippen LogP contribution in [-0.2, 0) is 23.9 Å². The fourth-order valence-corrected chi connectivity index (χ4v) is 7.21. The third-order valence-electron chi connectivity index (χ3n) is 8.42. The van der Waals surface area contributed by atoms with E-state index in [2.05, 4.69) is 13.2 Å². The van der Waals surface area contributed by atoms with E-state index in [9.17, 15) is 19.5 Å². The minimum absolute atomic E-state index is 0.150. The van der Waals surface area contributed by atoms with Crippen molar-refractivity contribution in [1.29, 1.82) is 0 Å². The molecule has 3 fully saturated rings. The number of allylic oxidation sites excluding steroid dienone is 1. The Morgan fingerprint density at radius 1 is 1.32 bits per heavy atom. The number of aliphatic hydroxyl groups is 1. The number of nitrogens with zero attached hydrogens (tertiary/aromatic N) is 2. The van der Waals surface area contributed by atoms with Gasteiger partial charge >= 0.3 is 5.97 Å². The minimum atomic E-state index is -1.21. The van der Waals surface area contributed by atoms with Crippen molar-refractivity contribution < 1.29 is 29.0 Å². The summed E-state index contributed by atoms with van der Waals surface area (Å²) < 4.78 is 12.1. The summed E-state index contributed by atoms with van der Waals surface area (Å²) in [6.45, 7) is 13.5. The standard InChI is InChI=1S/C31H41ClN2O6/c1-6-8-9-16-39-30(38)24-23-13-14-31(40-23)25(24)28(36)34(21(18-35)17-19(3)4)27(31)29(37)33(15-7-2)26-20(5)11-10-12-22(26)32/h6-7,10-12,19,21,23-25,27,35H,1-2,8-9,13-18H2,3-5H3/t21-,23-,24+,25+,27?,31?/m1/s1. The molecule has 3 aliphatic rings. The second-order valence-corrected chi connectivity index (χ2v) is 11.9. The van der Waals surface area contributed by atoms with E-state index in [1.807, 2.05) is 32.9 Å². The number of carbonyl (C=O) groups excluding carboxylic acids is 3. The van der Waals surface area contributed by atoms with Crippen LogP contribution < -0.4 is 4.90 Å². The van der Waals surface area contributed by atoms with Crippen molar-refractivity contribution in [2.24, 2.45) is 17.8 Å². The number of anilines is 1. The summed E-state index contributed by atoms with van der Waals surface area (Å²) >= 11 is 6.61. The molecule has 9 heteroatoms. The molecule has 3 heterocycles. The van der Waals surface area contributed by atoms with Crippen molar-refractivity contribution >= 4 is 35.1 Å². The third kappa shape index (κ3) is 5.21. The highest BCUT2D eigenvalue weighted by molar-refractivity contribution is 6.34. The maximum Gasteiger partial charge on any atom is 0.312 e. The number of likely N-dealkylation sites (tertiary alicyclic amines) is 1. The number of carbonyl (C=O) groups is 3. The number of unbranched alkanes of at least 4 members (excludes halogenated alkanes) is 1. The minimum Gasteiger partial charge on any atom is -0.465 e. The summed E-state index contributed by atoms with van der Waals surface area (Å²) in [6, 6.07) is 3.74. The lowest BCUT2D eigenvalue weighted by Gasteiger charge is -2.40. The molecule has 2 amide bonds. The molecule has 1 spiro atoms. The number of aliphatic hydroxyl groups excluding tert-OH is 1. The van der Waals surface area contributed by atoms with E-state index in [0.717, 1.165) is 5.56 Å². The van der Waals surface area contributed by atoms with E-state index in [1.165, 1.54) is 4.90 Å². The number of para-hydroxylation sites is 1. The van der Waals surface area contributed by atoms with E-state index in [-0.39, 0.29) is 37.5 Å². The van der Waals surface area contributed by atoms with Crippen LogP contribution in [-0.4, -0.2) is 71.3 Å². The van der Waals surface area contributed by atoms with Gasteiger partial charge in [0, 0.05) is 6.54 Å². The van der Waals surface area contributed by atoms with Crippen LogP contribution >= 0.6 is 11.6 Å².